The Hall–Kier alpha value is -2.49. The monoisotopic (exact) mass is 299 g/mol. The van der Waals surface area contributed by atoms with Gasteiger partial charge in [-0.3, -0.25) is 4.79 Å². The molecule has 4 heteroatoms. The SMILES string of the molecule is COc1ccc(OC)c(CC(=O)Nc2c(C)cccc2C)c1. The highest BCUT2D eigenvalue weighted by molar-refractivity contribution is 5.94. The molecule has 1 N–H and O–H groups in total. The highest BCUT2D eigenvalue weighted by Gasteiger charge is 2.12. The van der Waals surface area contributed by atoms with Crippen molar-refractivity contribution in [3.05, 3.63) is 53.1 Å². The van der Waals surface area contributed by atoms with Crippen molar-refractivity contribution in [1.29, 1.82) is 0 Å². The van der Waals surface area contributed by atoms with Crippen LogP contribution in [0.25, 0.3) is 0 Å². The van der Waals surface area contributed by atoms with E-state index in [0.717, 1.165) is 22.4 Å². The molecule has 0 saturated heterocycles. The van der Waals surface area contributed by atoms with E-state index in [0.29, 0.717) is 11.5 Å². The van der Waals surface area contributed by atoms with Gasteiger partial charge >= 0.3 is 0 Å². The number of anilines is 1. The van der Waals surface area contributed by atoms with E-state index in [1.54, 1.807) is 20.3 Å². The predicted molar refractivity (Wildman–Crippen MR) is 87.8 cm³/mol. The van der Waals surface area contributed by atoms with Gasteiger partial charge in [0, 0.05) is 11.3 Å². The molecule has 0 aromatic heterocycles. The van der Waals surface area contributed by atoms with Crippen molar-refractivity contribution in [2.24, 2.45) is 0 Å². The Morgan fingerprint density at radius 3 is 2.32 bits per heavy atom. The summed E-state index contributed by atoms with van der Waals surface area (Å²) in [6, 6.07) is 11.4. The third-order valence-electron chi connectivity index (χ3n) is 3.58. The van der Waals surface area contributed by atoms with Crippen LogP contribution in [0.5, 0.6) is 11.5 Å². The minimum Gasteiger partial charge on any atom is -0.497 e. The van der Waals surface area contributed by atoms with Gasteiger partial charge in [-0.25, -0.2) is 0 Å². The average Bonchev–Trinajstić information content (AvgIpc) is 2.51. The van der Waals surface area contributed by atoms with Gasteiger partial charge in [0.2, 0.25) is 5.91 Å². The molecular formula is C18H21NO3. The minimum absolute atomic E-state index is 0.0797. The van der Waals surface area contributed by atoms with Crippen molar-refractivity contribution in [2.45, 2.75) is 20.3 Å². The molecule has 1 amide bonds. The number of amides is 1. The van der Waals surface area contributed by atoms with E-state index in [-0.39, 0.29) is 12.3 Å². The Morgan fingerprint density at radius 1 is 1.05 bits per heavy atom. The molecule has 0 aliphatic rings. The van der Waals surface area contributed by atoms with E-state index in [9.17, 15) is 4.79 Å². The van der Waals surface area contributed by atoms with Crippen LogP contribution in [0.1, 0.15) is 16.7 Å². The predicted octanol–water partition coefficient (Wildman–Crippen LogP) is 3.50. The largest absolute Gasteiger partial charge is 0.497 e. The summed E-state index contributed by atoms with van der Waals surface area (Å²) in [6.45, 7) is 3.96. The normalized spacial score (nSPS) is 10.2. The van der Waals surface area contributed by atoms with Crippen molar-refractivity contribution >= 4 is 11.6 Å². The van der Waals surface area contributed by atoms with Crippen LogP contribution in [0, 0.1) is 13.8 Å². The van der Waals surface area contributed by atoms with E-state index in [1.807, 2.05) is 44.2 Å². The molecule has 0 aliphatic carbocycles. The number of hydrogen-bond donors (Lipinski definition) is 1. The van der Waals surface area contributed by atoms with Gasteiger partial charge in [-0.2, -0.15) is 0 Å². The number of nitrogens with one attached hydrogen (secondary N) is 1. The first-order valence-electron chi connectivity index (χ1n) is 7.12. The number of benzene rings is 2. The van der Waals surface area contributed by atoms with Gasteiger partial charge in [0.1, 0.15) is 11.5 Å². The van der Waals surface area contributed by atoms with Gasteiger partial charge in [0.15, 0.2) is 0 Å². The van der Waals surface area contributed by atoms with E-state index < -0.39 is 0 Å². The Labute approximate surface area is 131 Å². The molecule has 0 bridgehead atoms. The average molecular weight is 299 g/mol. The Bertz CT molecular complexity index is 660. The summed E-state index contributed by atoms with van der Waals surface area (Å²) in [5, 5.41) is 2.98. The van der Waals surface area contributed by atoms with Crippen LogP contribution >= 0.6 is 0 Å². The number of hydrogen-bond acceptors (Lipinski definition) is 3. The maximum absolute atomic E-state index is 12.3. The smallest absolute Gasteiger partial charge is 0.228 e. The molecule has 2 aromatic rings. The molecule has 22 heavy (non-hydrogen) atoms. The highest BCUT2D eigenvalue weighted by Crippen LogP contribution is 2.25. The lowest BCUT2D eigenvalue weighted by Gasteiger charge is -2.13. The fourth-order valence-corrected chi connectivity index (χ4v) is 2.39. The van der Waals surface area contributed by atoms with Gasteiger partial charge in [-0.1, -0.05) is 18.2 Å². The summed E-state index contributed by atoms with van der Waals surface area (Å²) in [5.41, 5.74) is 3.76. The van der Waals surface area contributed by atoms with Crippen LogP contribution < -0.4 is 14.8 Å². The Kier molecular flexibility index (Phi) is 5.04. The first-order chi connectivity index (χ1) is 10.5. The van der Waals surface area contributed by atoms with Crippen LogP contribution in [-0.4, -0.2) is 20.1 Å². The minimum atomic E-state index is -0.0797. The number of para-hydroxylation sites is 1. The van der Waals surface area contributed by atoms with Crippen LogP contribution in [0.4, 0.5) is 5.69 Å². The van der Waals surface area contributed by atoms with Gasteiger partial charge in [-0.05, 0) is 43.2 Å². The van der Waals surface area contributed by atoms with Crippen molar-refractivity contribution in [3.8, 4) is 11.5 Å². The molecule has 0 aliphatic heterocycles. The van der Waals surface area contributed by atoms with E-state index in [1.165, 1.54) is 0 Å². The van der Waals surface area contributed by atoms with Crippen LogP contribution in [0.3, 0.4) is 0 Å². The van der Waals surface area contributed by atoms with Crippen molar-refractivity contribution in [3.63, 3.8) is 0 Å². The maximum atomic E-state index is 12.3. The summed E-state index contributed by atoms with van der Waals surface area (Å²) in [5.74, 6) is 1.30. The zero-order chi connectivity index (χ0) is 16.1. The molecule has 0 unspecified atom stereocenters. The standard InChI is InChI=1S/C18H21NO3/c1-12-6-5-7-13(2)18(12)19-17(20)11-14-10-15(21-3)8-9-16(14)22-4/h5-10H,11H2,1-4H3,(H,19,20). The lowest BCUT2D eigenvalue weighted by molar-refractivity contribution is -0.115. The quantitative estimate of drug-likeness (QED) is 0.919. The molecule has 0 heterocycles. The number of ether oxygens (including phenoxy) is 2. The van der Waals surface area contributed by atoms with E-state index >= 15 is 0 Å². The summed E-state index contributed by atoms with van der Waals surface area (Å²) in [4.78, 5) is 12.3. The third kappa shape index (κ3) is 3.58. The fraction of sp³-hybridized carbons (Fsp3) is 0.278. The lowest BCUT2D eigenvalue weighted by atomic mass is 10.1. The van der Waals surface area contributed by atoms with Crippen molar-refractivity contribution in [1.82, 2.24) is 0 Å². The van der Waals surface area contributed by atoms with Crippen LogP contribution in [-0.2, 0) is 11.2 Å². The van der Waals surface area contributed by atoms with E-state index in [4.69, 9.17) is 9.47 Å². The molecule has 0 fully saturated rings. The first-order valence-corrected chi connectivity index (χ1v) is 7.12. The lowest BCUT2D eigenvalue weighted by Crippen LogP contribution is -2.16. The third-order valence-corrected chi connectivity index (χ3v) is 3.58. The molecule has 116 valence electrons. The molecule has 2 aromatic carbocycles. The Balaban J connectivity index is 2.19. The Morgan fingerprint density at radius 2 is 1.73 bits per heavy atom. The van der Waals surface area contributed by atoms with Crippen LogP contribution in [0.2, 0.25) is 0 Å². The number of carbonyl (C=O) groups is 1. The summed E-state index contributed by atoms with van der Waals surface area (Å²) in [6.07, 6.45) is 0.230. The summed E-state index contributed by atoms with van der Waals surface area (Å²) >= 11 is 0. The molecular weight excluding hydrogens is 278 g/mol. The molecule has 2 rings (SSSR count). The highest BCUT2D eigenvalue weighted by atomic mass is 16.5. The second kappa shape index (κ2) is 6.98. The molecule has 0 spiro atoms. The van der Waals surface area contributed by atoms with Crippen molar-refractivity contribution < 1.29 is 14.3 Å². The van der Waals surface area contributed by atoms with Gasteiger partial charge < -0.3 is 14.8 Å². The number of rotatable bonds is 5. The zero-order valence-corrected chi connectivity index (χ0v) is 13.4. The van der Waals surface area contributed by atoms with Gasteiger partial charge in [0.25, 0.3) is 0 Å². The molecule has 0 radical (unpaired) electrons. The maximum Gasteiger partial charge on any atom is 0.228 e. The zero-order valence-electron chi connectivity index (χ0n) is 13.4. The molecule has 0 atom stereocenters. The second-order valence-electron chi connectivity index (χ2n) is 5.17. The number of methoxy groups -OCH3 is 2. The van der Waals surface area contributed by atoms with Gasteiger partial charge in [-0.15, -0.1) is 0 Å². The van der Waals surface area contributed by atoms with Crippen LogP contribution in [0.15, 0.2) is 36.4 Å². The summed E-state index contributed by atoms with van der Waals surface area (Å²) in [7, 11) is 3.19. The number of aryl methyl sites for hydroxylation is 2. The molecule has 0 saturated carbocycles. The van der Waals surface area contributed by atoms with Gasteiger partial charge in [0.05, 0.1) is 20.6 Å². The van der Waals surface area contributed by atoms with Crippen molar-refractivity contribution in [2.75, 3.05) is 19.5 Å². The fourth-order valence-electron chi connectivity index (χ4n) is 2.39. The first kappa shape index (κ1) is 15.9. The summed E-state index contributed by atoms with van der Waals surface area (Å²) < 4.78 is 10.5. The topological polar surface area (TPSA) is 47.6 Å². The number of carbonyl (C=O) groups excluding carboxylic acids is 1. The molecule has 4 nitrogen and oxygen atoms in total. The second-order valence-corrected chi connectivity index (χ2v) is 5.17. The van der Waals surface area contributed by atoms with E-state index in [2.05, 4.69) is 5.32 Å².